The summed E-state index contributed by atoms with van der Waals surface area (Å²) in [5, 5.41) is -0.697. The molecule has 4 heteroatoms. The fourth-order valence-electron chi connectivity index (χ4n) is 1.41. The molecule has 2 aromatic rings. The molecule has 0 bridgehead atoms. The van der Waals surface area contributed by atoms with Crippen molar-refractivity contribution in [2.75, 3.05) is 0 Å². The highest BCUT2D eigenvalue weighted by Gasteiger charge is 2.09. The maximum atomic E-state index is 13.8. The molecule has 18 heavy (non-hydrogen) atoms. The molecule has 0 fully saturated rings. The van der Waals surface area contributed by atoms with E-state index in [-0.39, 0.29) is 0 Å². The number of hydrogen-bond donors (Lipinski definition) is 0. The number of aryl methyl sites for hydroxylation is 1. The summed E-state index contributed by atoms with van der Waals surface area (Å²) in [5.41, 5.74) is 1.50. The van der Waals surface area contributed by atoms with Crippen LogP contribution in [-0.2, 0) is 10.8 Å². The van der Waals surface area contributed by atoms with E-state index >= 15 is 0 Å². The van der Waals surface area contributed by atoms with Crippen LogP contribution in [0.15, 0.2) is 58.7 Å². The maximum Gasteiger partial charge on any atom is 0.193 e. The van der Waals surface area contributed by atoms with E-state index < -0.39 is 16.0 Å². The van der Waals surface area contributed by atoms with Crippen molar-refractivity contribution in [1.29, 1.82) is 0 Å². The molecule has 0 saturated carbocycles. The number of rotatable bonds is 3. The van der Waals surface area contributed by atoms with E-state index in [0.717, 1.165) is 5.56 Å². The van der Waals surface area contributed by atoms with E-state index in [9.17, 15) is 8.60 Å². The van der Waals surface area contributed by atoms with Crippen LogP contribution in [0.1, 0.15) is 11.3 Å². The van der Waals surface area contributed by atoms with E-state index in [4.69, 9.17) is 0 Å². The number of hydrogen-bond acceptors (Lipinski definition) is 2. The van der Waals surface area contributed by atoms with Gasteiger partial charge in [0.2, 0.25) is 0 Å². The average molecular weight is 261 g/mol. The molecule has 0 amide bonds. The van der Waals surface area contributed by atoms with Gasteiger partial charge in [0.25, 0.3) is 0 Å². The Morgan fingerprint density at radius 2 is 1.94 bits per heavy atom. The molecule has 0 radical (unpaired) electrons. The first-order valence-corrected chi connectivity index (χ1v) is 6.58. The molecule has 1 atom stereocenters. The SMILES string of the molecule is Cc1ccc(S(=O)/C(F)=C/c2ccccn2)cc1. The molecule has 92 valence electrons. The van der Waals surface area contributed by atoms with Gasteiger partial charge in [-0.3, -0.25) is 4.98 Å². The smallest absolute Gasteiger partial charge is 0.193 e. The highest BCUT2D eigenvalue weighted by molar-refractivity contribution is 7.89. The molecule has 1 unspecified atom stereocenters. The predicted octanol–water partition coefficient (Wildman–Crippen LogP) is 3.47. The third kappa shape index (κ3) is 3.11. The summed E-state index contributed by atoms with van der Waals surface area (Å²) in [5.74, 6) is 0. The Kier molecular flexibility index (Phi) is 3.99. The Morgan fingerprint density at radius 3 is 2.56 bits per heavy atom. The van der Waals surface area contributed by atoms with Gasteiger partial charge in [0.15, 0.2) is 5.16 Å². The minimum atomic E-state index is -1.78. The molecule has 0 spiro atoms. The van der Waals surface area contributed by atoms with E-state index in [1.165, 1.54) is 6.08 Å². The maximum absolute atomic E-state index is 13.8. The van der Waals surface area contributed by atoms with Gasteiger partial charge in [0.05, 0.1) is 5.69 Å². The zero-order valence-electron chi connectivity index (χ0n) is 9.84. The quantitative estimate of drug-likeness (QED) is 0.846. The van der Waals surface area contributed by atoms with Crippen LogP contribution in [0.25, 0.3) is 6.08 Å². The second kappa shape index (κ2) is 5.69. The highest BCUT2D eigenvalue weighted by atomic mass is 32.2. The van der Waals surface area contributed by atoms with Crippen LogP contribution < -0.4 is 0 Å². The first-order valence-electron chi connectivity index (χ1n) is 5.43. The summed E-state index contributed by atoms with van der Waals surface area (Å²) in [6.45, 7) is 1.92. The number of benzene rings is 1. The molecule has 2 rings (SSSR count). The Bertz CT molecular complexity index is 579. The van der Waals surface area contributed by atoms with Crippen molar-refractivity contribution < 1.29 is 8.60 Å². The lowest BCUT2D eigenvalue weighted by Crippen LogP contribution is -1.92. The fourth-order valence-corrected chi connectivity index (χ4v) is 2.24. The van der Waals surface area contributed by atoms with E-state index in [1.807, 2.05) is 6.92 Å². The fraction of sp³-hybridized carbons (Fsp3) is 0.0714. The van der Waals surface area contributed by atoms with Gasteiger partial charge in [-0.2, -0.15) is 4.39 Å². The number of nitrogens with zero attached hydrogens (tertiary/aromatic N) is 1. The predicted molar refractivity (Wildman–Crippen MR) is 70.9 cm³/mol. The number of halogens is 1. The Hall–Kier alpha value is -1.81. The number of pyridine rings is 1. The third-order valence-corrected chi connectivity index (χ3v) is 3.53. The van der Waals surface area contributed by atoms with Crippen LogP contribution >= 0.6 is 0 Å². The summed E-state index contributed by atoms with van der Waals surface area (Å²) in [7, 11) is -1.78. The van der Waals surface area contributed by atoms with Gasteiger partial charge >= 0.3 is 0 Å². The molecule has 0 N–H and O–H groups in total. The Labute approximate surface area is 108 Å². The van der Waals surface area contributed by atoms with Crippen molar-refractivity contribution in [3.63, 3.8) is 0 Å². The van der Waals surface area contributed by atoms with Crippen molar-refractivity contribution >= 4 is 16.9 Å². The van der Waals surface area contributed by atoms with Gasteiger partial charge in [-0.15, -0.1) is 0 Å². The van der Waals surface area contributed by atoms with Crippen molar-refractivity contribution in [2.24, 2.45) is 0 Å². The normalized spacial score (nSPS) is 13.3. The monoisotopic (exact) mass is 261 g/mol. The minimum Gasteiger partial charge on any atom is -0.257 e. The second-order valence-corrected chi connectivity index (χ2v) is 5.18. The molecule has 1 aromatic carbocycles. The standard InChI is InChI=1S/C14H12FNOS/c1-11-5-7-13(8-6-11)18(17)14(15)10-12-4-2-3-9-16-12/h2-10H,1H3/b14-10+. The molecular formula is C14H12FNOS. The van der Waals surface area contributed by atoms with E-state index in [2.05, 4.69) is 4.98 Å². The Morgan fingerprint density at radius 1 is 1.22 bits per heavy atom. The van der Waals surface area contributed by atoms with Crippen LogP contribution in [0.3, 0.4) is 0 Å². The molecule has 0 aliphatic carbocycles. The van der Waals surface area contributed by atoms with Crippen molar-refractivity contribution in [1.82, 2.24) is 4.98 Å². The largest absolute Gasteiger partial charge is 0.257 e. The topological polar surface area (TPSA) is 30.0 Å². The minimum absolute atomic E-state index is 0.449. The van der Waals surface area contributed by atoms with Crippen LogP contribution in [-0.4, -0.2) is 9.19 Å². The second-order valence-electron chi connectivity index (χ2n) is 3.78. The summed E-state index contributed by atoms with van der Waals surface area (Å²) >= 11 is 0. The zero-order chi connectivity index (χ0) is 13.0. The molecule has 0 aliphatic rings. The van der Waals surface area contributed by atoms with Gasteiger partial charge in [-0.05, 0) is 31.2 Å². The van der Waals surface area contributed by atoms with Gasteiger partial charge < -0.3 is 0 Å². The Balaban J connectivity index is 2.24. The molecule has 0 aliphatic heterocycles. The summed E-state index contributed by atoms with van der Waals surface area (Å²) in [4.78, 5) is 4.41. The van der Waals surface area contributed by atoms with Crippen molar-refractivity contribution in [2.45, 2.75) is 11.8 Å². The number of aromatic nitrogens is 1. The van der Waals surface area contributed by atoms with Gasteiger partial charge in [-0.1, -0.05) is 23.8 Å². The molecule has 0 saturated heterocycles. The molecule has 1 heterocycles. The lowest BCUT2D eigenvalue weighted by molar-refractivity contribution is 0.653. The first-order chi connectivity index (χ1) is 8.66. The van der Waals surface area contributed by atoms with Crippen LogP contribution in [0, 0.1) is 6.92 Å². The van der Waals surface area contributed by atoms with Crippen LogP contribution in [0.2, 0.25) is 0 Å². The van der Waals surface area contributed by atoms with Gasteiger partial charge in [-0.25, -0.2) is 4.21 Å². The van der Waals surface area contributed by atoms with Crippen molar-refractivity contribution in [3.05, 3.63) is 65.1 Å². The van der Waals surface area contributed by atoms with Gasteiger partial charge in [0.1, 0.15) is 10.8 Å². The third-order valence-electron chi connectivity index (χ3n) is 2.36. The van der Waals surface area contributed by atoms with Crippen molar-refractivity contribution in [3.8, 4) is 0 Å². The zero-order valence-corrected chi connectivity index (χ0v) is 10.7. The lowest BCUT2D eigenvalue weighted by atomic mass is 10.2. The van der Waals surface area contributed by atoms with E-state index in [1.54, 1.807) is 48.7 Å². The van der Waals surface area contributed by atoms with Gasteiger partial charge in [0, 0.05) is 17.2 Å². The first kappa shape index (κ1) is 12.6. The van der Waals surface area contributed by atoms with E-state index in [0.29, 0.717) is 10.6 Å². The summed E-state index contributed by atoms with van der Waals surface area (Å²) in [6, 6.07) is 12.1. The van der Waals surface area contributed by atoms with Crippen LogP contribution in [0.4, 0.5) is 4.39 Å². The molecule has 2 nitrogen and oxygen atoms in total. The molecular weight excluding hydrogens is 249 g/mol. The average Bonchev–Trinajstić information content (AvgIpc) is 2.40. The van der Waals surface area contributed by atoms with Crippen LogP contribution in [0.5, 0.6) is 0 Å². The molecule has 1 aromatic heterocycles. The lowest BCUT2D eigenvalue weighted by Gasteiger charge is -2.00. The highest BCUT2D eigenvalue weighted by Crippen LogP contribution is 2.18. The summed E-state index contributed by atoms with van der Waals surface area (Å²) in [6.07, 6.45) is 2.75. The summed E-state index contributed by atoms with van der Waals surface area (Å²) < 4.78 is 25.7.